The van der Waals surface area contributed by atoms with E-state index in [9.17, 15) is 4.79 Å². The van der Waals surface area contributed by atoms with Crippen LogP contribution in [0.15, 0.2) is 54.6 Å². The van der Waals surface area contributed by atoms with Crippen LogP contribution in [0.5, 0.6) is 0 Å². The molecule has 0 aliphatic heterocycles. The van der Waals surface area contributed by atoms with E-state index < -0.39 is 0 Å². The van der Waals surface area contributed by atoms with Gasteiger partial charge in [-0.15, -0.1) is 0 Å². The highest BCUT2D eigenvalue weighted by Crippen LogP contribution is 2.16. The molecule has 0 aromatic heterocycles. The van der Waals surface area contributed by atoms with Gasteiger partial charge >= 0.3 is 6.03 Å². The third-order valence-corrected chi connectivity index (χ3v) is 4.85. The first-order valence-corrected chi connectivity index (χ1v) is 10.5. The number of benzene rings is 2. The molecule has 2 amide bonds. The average molecular weight is 399 g/mol. The molecular formula is C24H34N2O3. The lowest BCUT2D eigenvalue weighted by molar-refractivity contribution is 0.0453. The van der Waals surface area contributed by atoms with Crippen molar-refractivity contribution in [2.75, 3.05) is 31.7 Å². The highest BCUT2D eigenvalue weighted by Gasteiger charge is 2.21. The van der Waals surface area contributed by atoms with Gasteiger partial charge in [0.2, 0.25) is 0 Å². The number of amides is 2. The molecule has 0 saturated heterocycles. The zero-order valence-corrected chi connectivity index (χ0v) is 17.9. The lowest BCUT2D eigenvalue weighted by Gasteiger charge is -2.30. The summed E-state index contributed by atoms with van der Waals surface area (Å²) in [5, 5.41) is 3.05. The summed E-state index contributed by atoms with van der Waals surface area (Å²) in [4.78, 5) is 14.9. The van der Waals surface area contributed by atoms with Crippen LogP contribution in [0.2, 0.25) is 0 Å². The monoisotopic (exact) mass is 398 g/mol. The number of hydrogen-bond acceptors (Lipinski definition) is 3. The predicted octanol–water partition coefficient (Wildman–Crippen LogP) is 5.11. The SMILES string of the molecule is CCOCCOCc1cccc(NC(=O)N(CC)[C@H](CC)Cc2ccccc2)c1. The molecule has 0 bridgehead atoms. The quantitative estimate of drug-likeness (QED) is 0.505. The topological polar surface area (TPSA) is 50.8 Å². The number of urea groups is 1. The Bertz CT molecular complexity index is 721. The summed E-state index contributed by atoms with van der Waals surface area (Å²) in [6, 6.07) is 18.2. The Kier molecular flexibility index (Phi) is 10.2. The largest absolute Gasteiger partial charge is 0.379 e. The summed E-state index contributed by atoms with van der Waals surface area (Å²) in [5.41, 5.74) is 3.06. The fraction of sp³-hybridized carbons (Fsp3) is 0.458. The summed E-state index contributed by atoms with van der Waals surface area (Å²) in [7, 11) is 0. The van der Waals surface area contributed by atoms with E-state index in [1.54, 1.807) is 0 Å². The molecule has 1 N–H and O–H groups in total. The van der Waals surface area contributed by atoms with Crippen molar-refractivity contribution in [3.63, 3.8) is 0 Å². The minimum atomic E-state index is -0.0651. The van der Waals surface area contributed by atoms with Gasteiger partial charge in [-0.3, -0.25) is 0 Å². The first kappa shape index (κ1) is 22.9. The molecule has 0 unspecified atom stereocenters. The third-order valence-electron chi connectivity index (χ3n) is 4.85. The third kappa shape index (κ3) is 7.87. The van der Waals surface area contributed by atoms with Crippen LogP contribution >= 0.6 is 0 Å². The molecule has 1 atom stereocenters. The van der Waals surface area contributed by atoms with Crippen molar-refractivity contribution in [3.05, 3.63) is 65.7 Å². The minimum absolute atomic E-state index is 0.0651. The van der Waals surface area contributed by atoms with Gasteiger partial charge in [-0.2, -0.15) is 0 Å². The van der Waals surface area contributed by atoms with E-state index in [4.69, 9.17) is 9.47 Å². The van der Waals surface area contributed by atoms with Gasteiger partial charge in [0.05, 0.1) is 19.8 Å². The molecule has 0 heterocycles. The van der Waals surface area contributed by atoms with Crippen LogP contribution in [-0.2, 0) is 22.5 Å². The van der Waals surface area contributed by atoms with E-state index >= 15 is 0 Å². The van der Waals surface area contributed by atoms with Crippen LogP contribution in [0.3, 0.4) is 0 Å². The number of nitrogens with zero attached hydrogens (tertiary/aromatic N) is 1. The van der Waals surface area contributed by atoms with Gasteiger partial charge in [0.15, 0.2) is 0 Å². The van der Waals surface area contributed by atoms with Crippen LogP contribution in [0.4, 0.5) is 10.5 Å². The zero-order valence-electron chi connectivity index (χ0n) is 17.9. The van der Waals surface area contributed by atoms with Gasteiger partial charge in [0.25, 0.3) is 0 Å². The second kappa shape index (κ2) is 13.0. The van der Waals surface area contributed by atoms with Gasteiger partial charge in [-0.1, -0.05) is 49.4 Å². The molecule has 29 heavy (non-hydrogen) atoms. The molecule has 158 valence electrons. The van der Waals surface area contributed by atoms with Crippen molar-refractivity contribution in [1.29, 1.82) is 0 Å². The lowest BCUT2D eigenvalue weighted by atomic mass is 10.0. The molecule has 0 saturated carbocycles. The average Bonchev–Trinajstić information content (AvgIpc) is 2.74. The number of nitrogens with one attached hydrogen (secondary N) is 1. The molecule has 0 radical (unpaired) electrons. The van der Waals surface area contributed by atoms with Crippen molar-refractivity contribution >= 4 is 11.7 Å². The molecule has 5 heteroatoms. The summed E-state index contributed by atoms with van der Waals surface area (Å²) in [6.45, 7) is 9.14. The van der Waals surface area contributed by atoms with E-state index in [0.29, 0.717) is 33.0 Å². The van der Waals surface area contributed by atoms with Crippen molar-refractivity contribution in [2.45, 2.75) is 46.3 Å². The molecular weight excluding hydrogens is 364 g/mol. The second-order valence-electron chi connectivity index (χ2n) is 6.92. The van der Waals surface area contributed by atoms with Crippen LogP contribution in [0.25, 0.3) is 0 Å². The lowest BCUT2D eigenvalue weighted by Crippen LogP contribution is -2.43. The zero-order chi connectivity index (χ0) is 20.9. The highest BCUT2D eigenvalue weighted by molar-refractivity contribution is 5.89. The molecule has 2 rings (SSSR count). The van der Waals surface area contributed by atoms with Crippen molar-refractivity contribution < 1.29 is 14.3 Å². The van der Waals surface area contributed by atoms with E-state index in [1.165, 1.54) is 5.56 Å². The Labute approximate surface area is 175 Å². The van der Waals surface area contributed by atoms with Gasteiger partial charge in [0, 0.05) is 24.9 Å². The second-order valence-corrected chi connectivity index (χ2v) is 6.92. The fourth-order valence-electron chi connectivity index (χ4n) is 3.32. The number of hydrogen-bond donors (Lipinski definition) is 1. The smallest absolute Gasteiger partial charge is 0.322 e. The maximum Gasteiger partial charge on any atom is 0.322 e. The van der Waals surface area contributed by atoms with E-state index in [-0.39, 0.29) is 12.1 Å². The number of rotatable bonds is 12. The van der Waals surface area contributed by atoms with Gasteiger partial charge in [0.1, 0.15) is 0 Å². The van der Waals surface area contributed by atoms with Crippen LogP contribution in [0, 0.1) is 0 Å². The molecule has 5 nitrogen and oxygen atoms in total. The maximum atomic E-state index is 12.9. The summed E-state index contributed by atoms with van der Waals surface area (Å²) in [6.07, 6.45) is 1.76. The number of carbonyl (C=O) groups is 1. The van der Waals surface area contributed by atoms with E-state index in [2.05, 4.69) is 24.4 Å². The van der Waals surface area contributed by atoms with Crippen molar-refractivity contribution in [2.24, 2.45) is 0 Å². The Morgan fingerprint density at radius 3 is 2.38 bits per heavy atom. The van der Waals surface area contributed by atoms with Crippen molar-refractivity contribution in [1.82, 2.24) is 4.90 Å². The standard InChI is InChI=1S/C24H34N2O3/c1-4-23(18-20-11-8-7-9-12-20)26(5-2)24(27)25-22-14-10-13-21(17-22)19-29-16-15-28-6-3/h7-14,17,23H,4-6,15-16,18-19H2,1-3H3,(H,25,27)/t23-/m1/s1. The van der Waals surface area contributed by atoms with Crippen molar-refractivity contribution in [3.8, 4) is 0 Å². The van der Waals surface area contributed by atoms with Gasteiger partial charge < -0.3 is 19.7 Å². The van der Waals surface area contributed by atoms with E-state index in [1.807, 2.05) is 61.2 Å². The number of anilines is 1. The summed E-state index contributed by atoms with van der Waals surface area (Å²) in [5.74, 6) is 0. The molecule has 0 aliphatic carbocycles. The Morgan fingerprint density at radius 2 is 1.69 bits per heavy atom. The molecule has 2 aromatic carbocycles. The van der Waals surface area contributed by atoms with Gasteiger partial charge in [-0.25, -0.2) is 4.79 Å². The number of ether oxygens (including phenoxy) is 2. The first-order valence-electron chi connectivity index (χ1n) is 10.5. The van der Waals surface area contributed by atoms with Crippen LogP contribution in [0.1, 0.15) is 38.3 Å². The normalized spacial score (nSPS) is 11.8. The first-order chi connectivity index (χ1) is 14.2. The van der Waals surface area contributed by atoms with Crippen LogP contribution in [-0.4, -0.2) is 43.3 Å². The summed E-state index contributed by atoms with van der Waals surface area (Å²) >= 11 is 0. The highest BCUT2D eigenvalue weighted by atomic mass is 16.5. The Hall–Kier alpha value is -2.37. The fourth-order valence-corrected chi connectivity index (χ4v) is 3.32. The van der Waals surface area contributed by atoms with E-state index in [0.717, 1.165) is 24.1 Å². The Morgan fingerprint density at radius 1 is 0.966 bits per heavy atom. The molecule has 0 spiro atoms. The molecule has 0 aliphatic rings. The predicted molar refractivity (Wildman–Crippen MR) is 118 cm³/mol. The van der Waals surface area contributed by atoms with Gasteiger partial charge in [-0.05, 0) is 49.9 Å². The molecule has 2 aromatic rings. The summed E-state index contributed by atoms with van der Waals surface area (Å²) < 4.78 is 10.9. The Balaban J connectivity index is 1.94. The minimum Gasteiger partial charge on any atom is -0.379 e. The number of likely N-dealkylation sites (N-methyl/N-ethyl adjacent to an activating group) is 1. The molecule has 0 fully saturated rings. The van der Waals surface area contributed by atoms with Crippen LogP contribution < -0.4 is 5.32 Å². The maximum absolute atomic E-state index is 12.9. The number of carbonyl (C=O) groups excluding carboxylic acids is 1.